The lowest BCUT2D eigenvalue weighted by Crippen LogP contribution is -2.27. The molecule has 0 heterocycles. The molecule has 0 spiro atoms. The zero-order valence-corrected chi connectivity index (χ0v) is 11.3. The summed E-state index contributed by atoms with van der Waals surface area (Å²) in [6.45, 7) is 4.51. The third kappa shape index (κ3) is 4.24. The van der Waals surface area contributed by atoms with Gasteiger partial charge in [-0.05, 0) is 43.4 Å². The van der Waals surface area contributed by atoms with Crippen molar-refractivity contribution in [1.82, 2.24) is 5.32 Å². The number of carboxylic acids is 1. The van der Waals surface area contributed by atoms with Crippen LogP contribution in [0, 0.1) is 11.8 Å². The standard InChI is InChI=1S/C15H21NO3/c1-11(12-6-7-12)10-16-8-9-19-14-5-3-2-4-13(14)15(17)18/h2-5,11-12,16H,6-10H2,1H3,(H,17,18). The number of hydrogen-bond acceptors (Lipinski definition) is 3. The summed E-state index contributed by atoms with van der Waals surface area (Å²) < 4.78 is 5.51. The monoisotopic (exact) mass is 263 g/mol. The molecule has 1 aromatic carbocycles. The van der Waals surface area contributed by atoms with Gasteiger partial charge in [0.05, 0.1) is 0 Å². The summed E-state index contributed by atoms with van der Waals surface area (Å²) in [7, 11) is 0. The lowest BCUT2D eigenvalue weighted by molar-refractivity contribution is 0.0692. The number of benzene rings is 1. The number of rotatable bonds is 8. The predicted molar refractivity (Wildman–Crippen MR) is 73.7 cm³/mol. The van der Waals surface area contributed by atoms with Crippen LogP contribution in [0.25, 0.3) is 0 Å². The Labute approximate surface area is 113 Å². The number of hydrogen-bond donors (Lipinski definition) is 2. The molecule has 0 aromatic heterocycles. The van der Waals surface area contributed by atoms with Crippen molar-refractivity contribution in [2.45, 2.75) is 19.8 Å². The van der Waals surface area contributed by atoms with Gasteiger partial charge in [-0.3, -0.25) is 0 Å². The number of ether oxygens (including phenoxy) is 1. The fourth-order valence-electron chi connectivity index (χ4n) is 2.16. The Hall–Kier alpha value is -1.55. The molecule has 19 heavy (non-hydrogen) atoms. The van der Waals surface area contributed by atoms with Gasteiger partial charge >= 0.3 is 5.97 Å². The quantitative estimate of drug-likeness (QED) is 0.707. The van der Waals surface area contributed by atoms with E-state index in [-0.39, 0.29) is 5.56 Å². The zero-order chi connectivity index (χ0) is 13.7. The van der Waals surface area contributed by atoms with Gasteiger partial charge in [0.15, 0.2) is 0 Å². The van der Waals surface area contributed by atoms with Gasteiger partial charge in [-0.15, -0.1) is 0 Å². The van der Waals surface area contributed by atoms with E-state index < -0.39 is 5.97 Å². The molecule has 0 radical (unpaired) electrons. The summed E-state index contributed by atoms with van der Waals surface area (Å²) >= 11 is 0. The summed E-state index contributed by atoms with van der Waals surface area (Å²) in [5.74, 6) is 1.12. The SMILES string of the molecule is CC(CNCCOc1ccccc1C(=O)O)C1CC1. The molecule has 4 heteroatoms. The molecular formula is C15H21NO3. The van der Waals surface area contributed by atoms with Crippen molar-refractivity contribution in [3.05, 3.63) is 29.8 Å². The molecule has 1 aliphatic carbocycles. The Balaban J connectivity index is 1.69. The molecular weight excluding hydrogens is 242 g/mol. The van der Waals surface area contributed by atoms with Gasteiger partial charge in [0.1, 0.15) is 17.9 Å². The van der Waals surface area contributed by atoms with Crippen molar-refractivity contribution in [1.29, 1.82) is 0 Å². The Bertz CT molecular complexity index is 429. The molecule has 0 aliphatic heterocycles. The fourth-order valence-corrected chi connectivity index (χ4v) is 2.16. The van der Waals surface area contributed by atoms with E-state index in [4.69, 9.17) is 9.84 Å². The van der Waals surface area contributed by atoms with E-state index >= 15 is 0 Å². The summed E-state index contributed by atoms with van der Waals surface area (Å²) in [6, 6.07) is 6.73. The van der Waals surface area contributed by atoms with Crippen LogP contribution in [-0.4, -0.2) is 30.8 Å². The van der Waals surface area contributed by atoms with Crippen LogP contribution < -0.4 is 10.1 Å². The molecule has 1 aliphatic rings. The van der Waals surface area contributed by atoms with Crippen molar-refractivity contribution in [2.75, 3.05) is 19.7 Å². The van der Waals surface area contributed by atoms with E-state index in [9.17, 15) is 4.79 Å². The molecule has 1 saturated carbocycles. The number of para-hydroxylation sites is 1. The average molecular weight is 263 g/mol. The maximum atomic E-state index is 11.0. The summed E-state index contributed by atoms with van der Waals surface area (Å²) in [4.78, 5) is 11.0. The minimum atomic E-state index is -0.953. The molecule has 4 nitrogen and oxygen atoms in total. The second-order valence-electron chi connectivity index (χ2n) is 5.17. The van der Waals surface area contributed by atoms with Gasteiger partial charge in [0.2, 0.25) is 0 Å². The first-order chi connectivity index (χ1) is 9.18. The molecule has 1 unspecified atom stereocenters. The normalized spacial score (nSPS) is 16.1. The summed E-state index contributed by atoms with van der Waals surface area (Å²) in [6.07, 6.45) is 2.73. The van der Waals surface area contributed by atoms with Crippen LogP contribution in [0.5, 0.6) is 5.75 Å². The molecule has 0 bridgehead atoms. The lowest BCUT2D eigenvalue weighted by atomic mass is 10.1. The first-order valence-corrected chi connectivity index (χ1v) is 6.84. The number of aromatic carboxylic acids is 1. The fraction of sp³-hybridized carbons (Fsp3) is 0.533. The van der Waals surface area contributed by atoms with Crippen LogP contribution in [0.15, 0.2) is 24.3 Å². The highest BCUT2D eigenvalue weighted by atomic mass is 16.5. The van der Waals surface area contributed by atoms with Gasteiger partial charge in [-0.25, -0.2) is 4.79 Å². The van der Waals surface area contributed by atoms with Crippen LogP contribution in [0.4, 0.5) is 0 Å². The van der Waals surface area contributed by atoms with E-state index in [2.05, 4.69) is 12.2 Å². The van der Waals surface area contributed by atoms with E-state index in [1.165, 1.54) is 12.8 Å². The zero-order valence-electron chi connectivity index (χ0n) is 11.3. The Kier molecular flexibility index (Phi) is 4.80. The largest absolute Gasteiger partial charge is 0.491 e. The summed E-state index contributed by atoms with van der Waals surface area (Å²) in [5.41, 5.74) is 0.217. The highest BCUT2D eigenvalue weighted by Gasteiger charge is 2.27. The highest BCUT2D eigenvalue weighted by molar-refractivity contribution is 5.90. The smallest absolute Gasteiger partial charge is 0.339 e. The summed E-state index contributed by atoms with van der Waals surface area (Å²) in [5, 5.41) is 12.4. The second-order valence-corrected chi connectivity index (χ2v) is 5.17. The lowest BCUT2D eigenvalue weighted by Gasteiger charge is -2.12. The Morgan fingerprint density at radius 1 is 1.47 bits per heavy atom. The Morgan fingerprint density at radius 2 is 2.21 bits per heavy atom. The third-order valence-electron chi connectivity index (χ3n) is 3.55. The first kappa shape index (κ1) is 13.9. The van der Waals surface area contributed by atoms with Crippen molar-refractivity contribution in [2.24, 2.45) is 11.8 Å². The average Bonchev–Trinajstić information content (AvgIpc) is 3.22. The molecule has 0 saturated heterocycles. The van der Waals surface area contributed by atoms with Gasteiger partial charge in [0, 0.05) is 6.54 Å². The molecule has 2 N–H and O–H groups in total. The van der Waals surface area contributed by atoms with E-state index in [1.54, 1.807) is 24.3 Å². The van der Waals surface area contributed by atoms with Crippen LogP contribution in [-0.2, 0) is 0 Å². The second kappa shape index (κ2) is 6.57. The minimum Gasteiger partial charge on any atom is -0.491 e. The molecule has 1 atom stereocenters. The van der Waals surface area contributed by atoms with Gasteiger partial charge in [-0.2, -0.15) is 0 Å². The molecule has 1 aromatic rings. The number of carboxylic acid groups (broad SMARTS) is 1. The van der Waals surface area contributed by atoms with Gasteiger partial charge in [0.25, 0.3) is 0 Å². The van der Waals surface area contributed by atoms with Gasteiger partial charge < -0.3 is 15.2 Å². The van der Waals surface area contributed by atoms with E-state index in [0.717, 1.165) is 24.9 Å². The van der Waals surface area contributed by atoms with Crippen LogP contribution in [0.2, 0.25) is 0 Å². The van der Waals surface area contributed by atoms with Crippen LogP contribution in [0.3, 0.4) is 0 Å². The molecule has 0 amide bonds. The minimum absolute atomic E-state index is 0.217. The molecule has 1 fully saturated rings. The third-order valence-corrected chi connectivity index (χ3v) is 3.55. The predicted octanol–water partition coefficient (Wildman–Crippen LogP) is 2.40. The van der Waals surface area contributed by atoms with E-state index in [0.29, 0.717) is 12.4 Å². The van der Waals surface area contributed by atoms with Crippen LogP contribution in [0.1, 0.15) is 30.1 Å². The number of carbonyl (C=O) groups is 1. The van der Waals surface area contributed by atoms with Crippen molar-refractivity contribution in [3.8, 4) is 5.75 Å². The molecule has 104 valence electrons. The van der Waals surface area contributed by atoms with Gasteiger partial charge in [-0.1, -0.05) is 19.1 Å². The van der Waals surface area contributed by atoms with Crippen molar-refractivity contribution in [3.63, 3.8) is 0 Å². The number of nitrogens with one attached hydrogen (secondary N) is 1. The molecule has 2 rings (SSSR count). The first-order valence-electron chi connectivity index (χ1n) is 6.84. The van der Waals surface area contributed by atoms with Crippen molar-refractivity contribution >= 4 is 5.97 Å². The maximum Gasteiger partial charge on any atom is 0.339 e. The van der Waals surface area contributed by atoms with E-state index in [1.807, 2.05) is 0 Å². The van der Waals surface area contributed by atoms with Crippen molar-refractivity contribution < 1.29 is 14.6 Å². The topological polar surface area (TPSA) is 58.6 Å². The Morgan fingerprint density at radius 3 is 2.89 bits per heavy atom. The van der Waals surface area contributed by atoms with Crippen LogP contribution >= 0.6 is 0 Å². The maximum absolute atomic E-state index is 11.0. The highest BCUT2D eigenvalue weighted by Crippen LogP contribution is 2.35.